The minimum absolute atomic E-state index is 0.0319. The maximum Gasteiger partial charge on any atom is 0.417 e. The Bertz CT molecular complexity index is 1090. The van der Waals surface area contributed by atoms with Crippen molar-refractivity contribution >= 4 is 17.0 Å². The second-order valence-electron chi connectivity index (χ2n) is 7.49. The van der Waals surface area contributed by atoms with E-state index in [-0.39, 0.29) is 29.1 Å². The molecule has 1 amide bonds. The first kappa shape index (κ1) is 19.4. The van der Waals surface area contributed by atoms with Crippen LogP contribution in [0.25, 0.3) is 11.1 Å². The van der Waals surface area contributed by atoms with E-state index in [0.717, 1.165) is 17.7 Å². The third kappa shape index (κ3) is 3.85. The zero-order valence-corrected chi connectivity index (χ0v) is 15.6. The third-order valence-corrected chi connectivity index (χ3v) is 5.24. The SMILES string of the molecule is Cc1cc(C(F)(F)F)c2cc(C(=O)NCC3(O)CCc4ccccc4C3)oc2n1. The summed E-state index contributed by atoms with van der Waals surface area (Å²) < 4.78 is 45.1. The molecular formula is C21H19F3N2O3. The predicted octanol–water partition coefficient (Wildman–Crippen LogP) is 3.80. The lowest BCUT2D eigenvalue weighted by Crippen LogP contribution is -2.46. The minimum Gasteiger partial charge on any atom is -0.433 e. The molecule has 0 saturated heterocycles. The van der Waals surface area contributed by atoms with Crippen molar-refractivity contribution in [2.75, 3.05) is 6.54 Å². The lowest BCUT2D eigenvalue weighted by atomic mass is 9.80. The summed E-state index contributed by atoms with van der Waals surface area (Å²) in [5, 5.41) is 13.2. The monoisotopic (exact) mass is 404 g/mol. The zero-order valence-electron chi connectivity index (χ0n) is 15.6. The predicted molar refractivity (Wildman–Crippen MR) is 99.5 cm³/mol. The molecule has 0 radical (unpaired) electrons. The van der Waals surface area contributed by atoms with Crippen LogP contribution in [0.4, 0.5) is 13.2 Å². The van der Waals surface area contributed by atoms with Crippen molar-refractivity contribution in [2.45, 2.75) is 38.0 Å². The number of pyridine rings is 1. The zero-order chi connectivity index (χ0) is 20.8. The Hall–Kier alpha value is -2.87. The number of aryl methyl sites for hydroxylation is 2. The van der Waals surface area contributed by atoms with Crippen molar-refractivity contribution in [1.82, 2.24) is 10.3 Å². The van der Waals surface area contributed by atoms with Gasteiger partial charge in [-0.2, -0.15) is 13.2 Å². The summed E-state index contributed by atoms with van der Waals surface area (Å²) in [6, 6.07) is 9.74. The molecule has 1 aliphatic rings. The molecule has 0 aliphatic heterocycles. The number of furan rings is 1. The number of hydrogen-bond acceptors (Lipinski definition) is 4. The number of fused-ring (bicyclic) bond motifs is 2. The Morgan fingerprint density at radius 2 is 2.00 bits per heavy atom. The first-order valence-corrected chi connectivity index (χ1v) is 9.20. The van der Waals surface area contributed by atoms with E-state index >= 15 is 0 Å². The second kappa shape index (κ2) is 6.88. The highest BCUT2D eigenvalue weighted by Gasteiger charge is 2.35. The van der Waals surface area contributed by atoms with Crippen LogP contribution in [0.1, 0.15) is 39.4 Å². The van der Waals surface area contributed by atoms with E-state index in [1.165, 1.54) is 12.5 Å². The number of carbonyl (C=O) groups excluding carboxylic acids is 1. The molecule has 8 heteroatoms. The number of aliphatic hydroxyl groups is 1. The Labute approximate surface area is 164 Å². The summed E-state index contributed by atoms with van der Waals surface area (Å²) in [4.78, 5) is 16.4. The van der Waals surface area contributed by atoms with Gasteiger partial charge in [-0.25, -0.2) is 4.98 Å². The normalized spacial score (nSPS) is 19.2. The topological polar surface area (TPSA) is 75.4 Å². The van der Waals surface area contributed by atoms with Crippen LogP contribution in [0.2, 0.25) is 0 Å². The van der Waals surface area contributed by atoms with Crippen LogP contribution in [0.3, 0.4) is 0 Å². The molecule has 2 aromatic heterocycles. The molecule has 0 saturated carbocycles. The fourth-order valence-electron chi connectivity index (χ4n) is 3.75. The first-order chi connectivity index (χ1) is 13.6. The molecule has 2 heterocycles. The Balaban J connectivity index is 1.53. The molecule has 3 aromatic rings. The van der Waals surface area contributed by atoms with Gasteiger partial charge in [-0.1, -0.05) is 24.3 Å². The van der Waals surface area contributed by atoms with E-state index in [1.807, 2.05) is 24.3 Å². The summed E-state index contributed by atoms with van der Waals surface area (Å²) in [6.45, 7) is 1.39. The molecular weight excluding hydrogens is 385 g/mol. The van der Waals surface area contributed by atoms with Gasteiger partial charge in [0.2, 0.25) is 5.71 Å². The van der Waals surface area contributed by atoms with E-state index in [1.54, 1.807) is 0 Å². The Morgan fingerprint density at radius 1 is 1.28 bits per heavy atom. The van der Waals surface area contributed by atoms with Gasteiger partial charge in [0.25, 0.3) is 5.91 Å². The lowest BCUT2D eigenvalue weighted by molar-refractivity contribution is -0.136. The van der Waals surface area contributed by atoms with Crippen LogP contribution in [0.15, 0.2) is 40.8 Å². The summed E-state index contributed by atoms with van der Waals surface area (Å²) in [5.74, 6) is -0.968. The van der Waals surface area contributed by atoms with Gasteiger partial charge in [-0.3, -0.25) is 4.79 Å². The molecule has 0 fully saturated rings. The van der Waals surface area contributed by atoms with E-state index in [2.05, 4.69) is 10.3 Å². The average Bonchev–Trinajstić information content (AvgIpc) is 3.08. The number of hydrogen-bond donors (Lipinski definition) is 2. The van der Waals surface area contributed by atoms with E-state index in [9.17, 15) is 23.1 Å². The molecule has 1 atom stereocenters. The van der Waals surface area contributed by atoms with Gasteiger partial charge in [0.05, 0.1) is 16.6 Å². The van der Waals surface area contributed by atoms with Gasteiger partial charge >= 0.3 is 6.18 Å². The number of carbonyl (C=O) groups is 1. The van der Waals surface area contributed by atoms with Gasteiger partial charge in [0, 0.05) is 18.7 Å². The molecule has 152 valence electrons. The van der Waals surface area contributed by atoms with Crippen LogP contribution >= 0.6 is 0 Å². The number of nitrogens with zero attached hydrogens (tertiary/aromatic N) is 1. The quantitative estimate of drug-likeness (QED) is 0.696. The van der Waals surface area contributed by atoms with Crippen LogP contribution in [-0.2, 0) is 19.0 Å². The second-order valence-corrected chi connectivity index (χ2v) is 7.49. The third-order valence-electron chi connectivity index (χ3n) is 5.24. The van der Waals surface area contributed by atoms with Gasteiger partial charge in [0.1, 0.15) is 0 Å². The Kier molecular flexibility index (Phi) is 4.61. The van der Waals surface area contributed by atoms with Crippen LogP contribution in [-0.4, -0.2) is 28.1 Å². The fourth-order valence-corrected chi connectivity index (χ4v) is 3.75. The van der Waals surface area contributed by atoms with Gasteiger partial charge in [-0.15, -0.1) is 0 Å². The highest BCUT2D eigenvalue weighted by atomic mass is 19.4. The summed E-state index contributed by atoms with van der Waals surface area (Å²) >= 11 is 0. The minimum atomic E-state index is -4.59. The molecule has 1 aromatic carbocycles. The first-order valence-electron chi connectivity index (χ1n) is 9.20. The number of aromatic nitrogens is 1. The van der Waals surface area contributed by atoms with Crippen molar-refractivity contribution in [3.05, 3.63) is 64.5 Å². The molecule has 5 nitrogen and oxygen atoms in total. The molecule has 4 rings (SSSR count). The number of alkyl halides is 3. The highest BCUT2D eigenvalue weighted by Crippen LogP contribution is 2.36. The van der Waals surface area contributed by atoms with Crippen molar-refractivity contribution in [3.8, 4) is 0 Å². The Morgan fingerprint density at radius 3 is 2.72 bits per heavy atom. The lowest BCUT2D eigenvalue weighted by Gasteiger charge is -2.33. The van der Waals surface area contributed by atoms with E-state index in [0.29, 0.717) is 19.3 Å². The maximum absolute atomic E-state index is 13.3. The standard InChI is InChI=1S/C21H19F3N2O3/c1-12-8-16(21(22,23)24)15-9-17(29-19(15)26-12)18(27)25-11-20(28)7-6-13-4-2-3-5-14(13)10-20/h2-5,8-9,28H,6-7,10-11H2,1H3,(H,25,27). The average molecular weight is 404 g/mol. The number of benzene rings is 1. The molecule has 1 aliphatic carbocycles. The van der Waals surface area contributed by atoms with Crippen LogP contribution < -0.4 is 5.32 Å². The van der Waals surface area contributed by atoms with Crippen molar-refractivity contribution in [3.63, 3.8) is 0 Å². The van der Waals surface area contributed by atoms with Gasteiger partial charge in [0.15, 0.2) is 5.76 Å². The summed E-state index contributed by atoms with van der Waals surface area (Å²) in [7, 11) is 0. The van der Waals surface area contributed by atoms with Crippen molar-refractivity contribution in [1.29, 1.82) is 0 Å². The maximum atomic E-state index is 13.3. The van der Waals surface area contributed by atoms with E-state index in [4.69, 9.17) is 4.42 Å². The summed E-state index contributed by atoms with van der Waals surface area (Å²) in [6.07, 6.45) is -3.04. The molecule has 1 unspecified atom stereocenters. The highest BCUT2D eigenvalue weighted by molar-refractivity contribution is 5.96. The van der Waals surface area contributed by atoms with E-state index < -0.39 is 23.2 Å². The number of nitrogens with one attached hydrogen (secondary N) is 1. The van der Waals surface area contributed by atoms with Gasteiger partial charge < -0.3 is 14.8 Å². The molecule has 0 spiro atoms. The number of halogens is 3. The van der Waals surface area contributed by atoms with Gasteiger partial charge in [-0.05, 0) is 43.0 Å². The van der Waals surface area contributed by atoms with Crippen LogP contribution in [0, 0.1) is 6.92 Å². The number of rotatable bonds is 3. The largest absolute Gasteiger partial charge is 0.433 e. The fraction of sp³-hybridized carbons (Fsp3) is 0.333. The van der Waals surface area contributed by atoms with Crippen LogP contribution in [0.5, 0.6) is 0 Å². The number of amides is 1. The molecule has 2 N–H and O–H groups in total. The summed E-state index contributed by atoms with van der Waals surface area (Å²) in [5.41, 5.74) is 0.0668. The molecule has 29 heavy (non-hydrogen) atoms. The van der Waals surface area contributed by atoms with Crippen molar-refractivity contribution < 1.29 is 27.5 Å². The smallest absolute Gasteiger partial charge is 0.417 e. The molecule has 0 bridgehead atoms. The van der Waals surface area contributed by atoms with Crippen molar-refractivity contribution in [2.24, 2.45) is 0 Å².